The van der Waals surface area contributed by atoms with Crippen LogP contribution in [0.3, 0.4) is 0 Å². The van der Waals surface area contributed by atoms with Crippen LogP contribution in [0.5, 0.6) is 0 Å². The second-order valence-corrected chi connectivity index (χ2v) is 4.99. The summed E-state index contributed by atoms with van der Waals surface area (Å²) >= 11 is 0. The van der Waals surface area contributed by atoms with Crippen molar-refractivity contribution >= 4 is 11.6 Å². The number of rotatable bonds is 6. The third-order valence-electron chi connectivity index (χ3n) is 3.46. The van der Waals surface area contributed by atoms with Gasteiger partial charge >= 0.3 is 0 Å². The van der Waals surface area contributed by atoms with Gasteiger partial charge in [0.15, 0.2) is 5.69 Å². The minimum Gasteiger partial charge on any atom is -0.395 e. The lowest BCUT2D eigenvalue weighted by Gasteiger charge is -2.08. The number of carbonyl (C=O) groups excluding carboxylic acids is 1. The number of aromatic nitrogens is 2. The molecule has 1 saturated heterocycles. The van der Waals surface area contributed by atoms with E-state index in [1.807, 2.05) is 0 Å². The van der Waals surface area contributed by atoms with E-state index in [1.165, 1.54) is 0 Å². The van der Waals surface area contributed by atoms with E-state index in [9.17, 15) is 4.79 Å². The number of nitrogens with zero attached hydrogens (tertiary/aromatic N) is 1. The lowest BCUT2D eigenvalue weighted by molar-refractivity contribution is 0.0946. The van der Waals surface area contributed by atoms with Crippen molar-refractivity contribution in [3.63, 3.8) is 0 Å². The standard InChI is InChI=1S/C13H22N4O2/c1-2-3-10-11(14)12(17-16-10)13(18)15-6-4-9-5-7-19-8-9/h9H,2-8,14H2,1H3,(H,15,18)(H,16,17). The Morgan fingerprint density at radius 2 is 2.47 bits per heavy atom. The van der Waals surface area contributed by atoms with E-state index >= 15 is 0 Å². The van der Waals surface area contributed by atoms with Crippen molar-refractivity contribution in [2.75, 3.05) is 25.5 Å². The summed E-state index contributed by atoms with van der Waals surface area (Å²) in [6.07, 6.45) is 3.81. The van der Waals surface area contributed by atoms with Crippen molar-refractivity contribution in [3.8, 4) is 0 Å². The Labute approximate surface area is 113 Å². The molecule has 1 unspecified atom stereocenters. The van der Waals surface area contributed by atoms with E-state index in [-0.39, 0.29) is 5.91 Å². The van der Waals surface area contributed by atoms with Gasteiger partial charge in [-0.3, -0.25) is 9.89 Å². The Morgan fingerprint density at radius 3 is 3.16 bits per heavy atom. The summed E-state index contributed by atoms with van der Waals surface area (Å²) in [6, 6.07) is 0. The molecule has 6 nitrogen and oxygen atoms in total. The smallest absolute Gasteiger partial charge is 0.273 e. The zero-order valence-corrected chi connectivity index (χ0v) is 11.4. The topological polar surface area (TPSA) is 93.0 Å². The molecule has 0 aromatic carbocycles. The molecule has 2 heterocycles. The lowest BCUT2D eigenvalue weighted by atomic mass is 10.1. The summed E-state index contributed by atoms with van der Waals surface area (Å²) in [5, 5.41) is 9.69. The zero-order valence-electron chi connectivity index (χ0n) is 11.4. The van der Waals surface area contributed by atoms with E-state index in [4.69, 9.17) is 10.5 Å². The van der Waals surface area contributed by atoms with Crippen molar-refractivity contribution in [2.45, 2.75) is 32.6 Å². The van der Waals surface area contributed by atoms with Crippen molar-refractivity contribution < 1.29 is 9.53 Å². The molecule has 106 valence electrons. The van der Waals surface area contributed by atoms with Crippen LogP contribution in [0.15, 0.2) is 0 Å². The molecule has 1 aromatic heterocycles. The molecular formula is C13H22N4O2. The highest BCUT2D eigenvalue weighted by Gasteiger charge is 2.18. The largest absolute Gasteiger partial charge is 0.395 e. The molecule has 1 aliphatic rings. The zero-order chi connectivity index (χ0) is 13.7. The van der Waals surface area contributed by atoms with Gasteiger partial charge in [-0.15, -0.1) is 0 Å². The van der Waals surface area contributed by atoms with Gasteiger partial charge in [-0.25, -0.2) is 0 Å². The maximum absolute atomic E-state index is 12.0. The van der Waals surface area contributed by atoms with Crippen molar-refractivity contribution in [2.24, 2.45) is 5.92 Å². The number of nitrogens with two attached hydrogens (primary N) is 1. The van der Waals surface area contributed by atoms with Crippen LogP contribution in [-0.2, 0) is 11.2 Å². The van der Waals surface area contributed by atoms with E-state index in [0.717, 1.165) is 44.6 Å². The second-order valence-electron chi connectivity index (χ2n) is 4.99. The molecule has 0 spiro atoms. The highest BCUT2D eigenvalue weighted by molar-refractivity contribution is 5.97. The van der Waals surface area contributed by atoms with Crippen LogP contribution < -0.4 is 11.1 Å². The molecule has 1 amide bonds. The van der Waals surface area contributed by atoms with Crippen molar-refractivity contribution in [1.29, 1.82) is 0 Å². The first-order valence-corrected chi connectivity index (χ1v) is 6.91. The first-order valence-electron chi connectivity index (χ1n) is 6.91. The minimum absolute atomic E-state index is 0.199. The van der Waals surface area contributed by atoms with Crippen molar-refractivity contribution in [1.82, 2.24) is 15.5 Å². The maximum Gasteiger partial charge on any atom is 0.273 e. The molecule has 1 aromatic rings. The molecule has 0 bridgehead atoms. The summed E-state index contributed by atoms with van der Waals surface area (Å²) < 4.78 is 5.30. The highest BCUT2D eigenvalue weighted by atomic mass is 16.5. The van der Waals surface area contributed by atoms with E-state index in [2.05, 4.69) is 22.4 Å². The van der Waals surface area contributed by atoms with Crippen LogP contribution in [0.1, 0.15) is 42.4 Å². The van der Waals surface area contributed by atoms with Gasteiger partial charge in [-0.1, -0.05) is 13.3 Å². The third kappa shape index (κ3) is 3.47. The number of nitrogen functional groups attached to an aromatic ring is 1. The number of hydrogen-bond acceptors (Lipinski definition) is 4. The maximum atomic E-state index is 12.0. The number of amides is 1. The Kier molecular flexibility index (Phi) is 4.79. The summed E-state index contributed by atoms with van der Waals surface area (Å²) in [5.41, 5.74) is 7.54. The molecule has 0 aliphatic carbocycles. The number of anilines is 1. The number of ether oxygens (including phenoxy) is 1. The fourth-order valence-electron chi connectivity index (χ4n) is 2.28. The number of H-pyrrole nitrogens is 1. The predicted octanol–water partition coefficient (Wildman–Crippen LogP) is 1.10. The predicted molar refractivity (Wildman–Crippen MR) is 72.9 cm³/mol. The Balaban J connectivity index is 1.82. The monoisotopic (exact) mass is 266 g/mol. The van der Waals surface area contributed by atoms with Crippen LogP contribution >= 0.6 is 0 Å². The van der Waals surface area contributed by atoms with Crippen molar-refractivity contribution in [3.05, 3.63) is 11.4 Å². The number of nitrogens with one attached hydrogen (secondary N) is 2. The van der Waals surface area contributed by atoms with Gasteiger partial charge in [0.25, 0.3) is 5.91 Å². The Morgan fingerprint density at radius 1 is 1.63 bits per heavy atom. The van der Waals surface area contributed by atoms with E-state index in [1.54, 1.807) is 0 Å². The van der Waals surface area contributed by atoms with Crippen LogP contribution in [-0.4, -0.2) is 35.9 Å². The molecule has 1 fully saturated rings. The Bertz CT molecular complexity index is 424. The molecule has 0 saturated carbocycles. The van der Waals surface area contributed by atoms with Gasteiger partial charge in [0.2, 0.25) is 0 Å². The number of hydrogen-bond donors (Lipinski definition) is 3. The minimum atomic E-state index is -0.199. The van der Waals surface area contributed by atoms with Gasteiger partial charge in [0.05, 0.1) is 11.4 Å². The summed E-state index contributed by atoms with van der Waals surface area (Å²) in [6.45, 7) is 4.35. The molecule has 2 rings (SSSR count). The van der Waals surface area contributed by atoms with Gasteiger partial charge < -0.3 is 15.8 Å². The molecule has 4 N–H and O–H groups in total. The molecule has 1 aliphatic heterocycles. The third-order valence-corrected chi connectivity index (χ3v) is 3.46. The molecule has 1 atom stereocenters. The lowest BCUT2D eigenvalue weighted by Crippen LogP contribution is -2.27. The average Bonchev–Trinajstić information content (AvgIpc) is 3.01. The first-order chi connectivity index (χ1) is 9.22. The van der Waals surface area contributed by atoms with Crippen LogP contribution in [0.2, 0.25) is 0 Å². The fourth-order valence-corrected chi connectivity index (χ4v) is 2.28. The van der Waals surface area contributed by atoms with Gasteiger partial charge in [-0.05, 0) is 25.2 Å². The molecule has 0 radical (unpaired) electrons. The van der Waals surface area contributed by atoms with E-state index < -0.39 is 0 Å². The Hall–Kier alpha value is -1.56. The SMILES string of the molecule is CCCc1[nH]nc(C(=O)NCCC2CCOC2)c1N. The second kappa shape index (κ2) is 6.56. The molecule has 19 heavy (non-hydrogen) atoms. The summed E-state index contributed by atoms with van der Waals surface area (Å²) in [7, 11) is 0. The van der Waals surface area contributed by atoms with Crippen LogP contribution in [0.25, 0.3) is 0 Å². The normalized spacial score (nSPS) is 18.7. The van der Waals surface area contributed by atoms with E-state index in [0.29, 0.717) is 23.8 Å². The highest BCUT2D eigenvalue weighted by Crippen LogP contribution is 2.17. The number of carbonyl (C=O) groups is 1. The number of aromatic amines is 1. The van der Waals surface area contributed by atoms with Gasteiger partial charge in [0, 0.05) is 19.8 Å². The molecular weight excluding hydrogens is 244 g/mol. The summed E-state index contributed by atoms with van der Waals surface area (Å²) in [5.74, 6) is 0.363. The molecule has 6 heteroatoms. The van der Waals surface area contributed by atoms with Gasteiger partial charge in [0.1, 0.15) is 0 Å². The quantitative estimate of drug-likeness (QED) is 0.719. The summed E-state index contributed by atoms with van der Waals surface area (Å²) in [4.78, 5) is 12.0. The average molecular weight is 266 g/mol. The van der Waals surface area contributed by atoms with Gasteiger partial charge in [-0.2, -0.15) is 5.10 Å². The van der Waals surface area contributed by atoms with Crippen LogP contribution in [0, 0.1) is 5.92 Å². The van der Waals surface area contributed by atoms with Crippen LogP contribution in [0.4, 0.5) is 5.69 Å². The number of aryl methyl sites for hydroxylation is 1. The first kappa shape index (κ1) is 13.9. The fraction of sp³-hybridized carbons (Fsp3) is 0.692.